The maximum atomic E-state index is 11.8. The largest absolute Gasteiger partial charge is 0.368 e. The van der Waals surface area contributed by atoms with Gasteiger partial charge in [-0.2, -0.15) is 0 Å². The van der Waals surface area contributed by atoms with Crippen LogP contribution in [0.15, 0.2) is 23.1 Å². The van der Waals surface area contributed by atoms with E-state index in [-0.39, 0.29) is 5.91 Å². The van der Waals surface area contributed by atoms with E-state index in [0.717, 1.165) is 25.7 Å². The van der Waals surface area contributed by atoms with E-state index in [1.165, 1.54) is 16.0 Å². The van der Waals surface area contributed by atoms with E-state index >= 15 is 0 Å². The average Bonchev–Trinajstić information content (AvgIpc) is 2.42. The molecule has 0 heterocycles. The quantitative estimate of drug-likeness (QED) is 0.897. The van der Waals surface area contributed by atoms with Gasteiger partial charge in [-0.1, -0.05) is 17.7 Å². The zero-order valence-corrected chi connectivity index (χ0v) is 13.3. The normalized spacial score (nSPS) is 26.4. The lowest BCUT2D eigenvalue weighted by Crippen LogP contribution is -2.57. The van der Waals surface area contributed by atoms with E-state index in [4.69, 9.17) is 5.73 Å². The molecule has 2 rings (SSSR count). The fourth-order valence-electron chi connectivity index (χ4n) is 3.01. The third kappa shape index (κ3) is 3.18. The van der Waals surface area contributed by atoms with E-state index in [1.807, 2.05) is 18.8 Å². The van der Waals surface area contributed by atoms with Gasteiger partial charge in [0.05, 0.1) is 5.54 Å². The summed E-state index contributed by atoms with van der Waals surface area (Å²) < 4.78 is 0. The van der Waals surface area contributed by atoms with Crippen molar-refractivity contribution < 1.29 is 4.79 Å². The van der Waals surface area contributed by atoms with Gasteiger partial charge in [0.15, 0.2) is 0 Å². The Labute approximate surface area is 125 Å². The number of nitrogens with one attached hydrogen (secondary N) is 1. The fourth-order valence-corrected chi connectivity index (χ4v) is 4.41. The lowest BCUT2D eigenvalue weighted by Gasteiger charge is -2.38. The van der Waals surface area contributed by atoms with Gasteiger partial charge in [-0.15, -0.1) is 11.8 Å². The van der Waals surface area contributed by atoms with Crippen LogP contribution in [0.4, 0.5) is 0 Å². The summed E-state index contributed by atoms with van der Waals surface area (Å²) in [5, 5.41) is 3.62. The molecule has 1 aromatic rings. The van der Waals surface area contributed by atoms with E-state index in [1.54, 1.807) is 0 Å². The number of thioether (sulfide) groups is 1. The molecule has 0 aromatic heterocycles. The van der Waals surface area contributed by atoms with Crippen molar-refractivity contribution in [2.24, 2.45) is 5.73 Å². The Kier molecular flexibility index (Phi) is 4.76. The van der Waals surface area contributed by atoms with Crippen molar-refractivity contribution >= 4 is 17.7 Å². The molecule has 1 amide bonds. The van der Waals surface area contributed by atoms with Crippen LogP contribution < -0.4 is 11.1 Å². The molecule has 3 N–H and O–H groups in total. The highest BCUT2D eigenvalue weighted by Crippen LogP contribution is 2.39. The lowest BCUT2D eigenvalue weighted by atomic mass is 9.81. The number of carbonyl (C=O) groups is 1. The predicted molar refractivity (Wildman–Crippen MR) is 85.0 cm³/mol. The van der Waals surface area contributed by atoms with Crippen molar-refractivity contribution in [1.82, 2.24) is 5.32 Å². The molecule has 4 heteroatoms. The highest BCUT2D eigenvalue weighted by molar-refractivity contribution is 8.00. The number of nitrogens with two attached hydrogens (primary N) is 1. The Morgan fingerprint density at radius 1 is 1.45 bits per heavy atom. The summed E-state index contributed by atoms with van der Waals surface area (Å²) in [4.78, 5) is 13.1. The smallest absolute Gasteiger partial charge is 0.237 e. The number of rotatable bonds is 4. The summed E-state index contributed by atoms with van der Waals surface area (Å²) in [6.07, 6.45) is 3.86. The summed E-state index contributed by atoms with van der Waals surface area (Å²) in [5.74, 6) is -0.217. The molecule has 0 saturated heterocycles. The summed E-state index contributed by atoms with van der Waals surface area (Å²) >= 11 is 1.89. The number of carbonyl (C=O) groups excluding carboxylic acids is 1. The van der Waals surface area contributed by atoms with Crippen LogP contribution in [-0.2, 0) is 4.79 Å². The third-order valence-electron chi connectivity index (χ3n) is 4.28. The minimum absolute atomic E-state index is 0.217. The van der Waals surface area contributed by atoms with Gasteiger partial charge in [-0.3, -0.25) is 4.79 Å². The molecule has 1 aromatic carbocycles. The molecule has 1 aliphatic rings. The van der Waals surface area contributed by atoms with Gasteiger partial charge in [0.1, 0.15) is 0 Å². The second-order valence-electron chi connectivity index (χ2n) is 5.80. The molecular weight excluding hydrogens is 268 g/mol. The molecule has 0 radical (unpaired) electrons. The zero-order valence-electron chi connectivity index (χ0n) is 12.5. The lowest BCUT2D eigenvalue weighted by molar-refractivity contribution is -0.125. The van der Waals surface area contributed by atoms with E-state index < -0.39 is 5.54 Å². The Morgan fingerprint density at radius 2 is 2.20 bits per heavy atom. The van der Waals surface area contributed by atoms with Crippen molar-refractivity contribution in [3.8, 4) is 0 Å². The molecule has 1 fully saturated rings. The maximum Gasteiger partial charge on any atom is 0.237 e. The molecule has 20 heavy (non-hydrogen) atoms. The first-order chi connectivity index (χ1) is 9.47. The number of amides is 1. The minimum atomic E-state index is -0.519. The number of hydrogen-bond donors (Lipinski definition) is 2. The van der Waals surface area contributed by atoms with Crippen LogP contribution in [0.5, 0.6) is 0 Å². The summed E-state index contributed by atoms with van der Waals surface area (Å²) in [5.41, 5.74) is 7.69. The molecule has 110 valence electrons. The first kappa shape index (κ1) is 15.4. The molecular formula is C16H24N2OS. The van der Waals surface area contributed by atoms with Crippen LogP contribution in [0.25, 0.3) is 0 Å². The molecule has 3 nitrogen and oxygen atoms in total. The first-order valence-electron chi connectivity index (χ1n) is 7.19. The molecule has 1 saturated carbocycles. The standard InChI is InChI=1S/C16H24N2OS/c1-11-6-7-14(12(2)9-11)20-13-5-4-8-16(10-13,18-3)15(17)19/h6-7,9,13,18H,4-5,8,10H2,1-3H3,(H2,17,19). The van der Waals surface area contributed by atoms with Crippen LogP contribution >= 0.6 is 11.8 Å². The molecule has 2 unspecified atom stereocenters. The molecule has 2 atom stereocenters. The van der Waals surface area contributed by atoms with Gasteiger partial charge in [-0.05, 0) is 58.2 Å². The van der Waals surface area contributed by atoms with Gasteiger partial charge in [0.2, 0.25) is 5.91 Å². The van der Waals surface area contributed by atoms with Crippen LogP contribution in [0, 0.1) is 13.8 Å². The van der Waals surface area contributed by atoms with Crippen molar-refractivity contribution in [3.05, 3.63) is 29.3 Å². The van der Waals surface area contributed by atoms with Gasteiger partial charge in [0.25, 0.3) is 0 Å². The fraction of sp³-hybridized carbons (Fsp3) is 0.562. The van der Waals surface area contributed by atoms with Gasteiger partial charge in [-0.25, -0.2) is 0 Å². The highest BCUT2D eigenvalue weighted by Gasteiger charge is 2.40. The Morgan fingerprint density at radius 3 is 2.80 bits per heavy atom. The van der Waals surface area contributed by atoms with Crippen LogP contribution in [-0.4, -0.2) is 23.7 Å². The van der Waals surface area contributed by atoms with Crippen LogP contribution in [0.1, 0.15) is 36.8 Å². The molecule has 1 aliphatic carbocycles. The average molecular weight is 292 g/mol. The third-order valence-corrected chi connectivity index (χ3v) is 5.73. The zero-order chi connectivity index (χ0) is 14.8. The molecule has 0 bridgehead atoms. The minimum Gasteiger partial charge on any atom is -0.368 e. The first-order valence-corrected chi connectivity index (χ1v) is 8.07. The second kappa shape index (κ2) is 6.19. The predicted octanol–water partition coefficient (Wildman–Crippen LogP) is 2.78. The van der Waals surface area contributed by atoms with E-state index in [9.17, 15) is 4.79 Å². The summed E-state index contributed by atoms with van der Waals surface area (Å²) in [6, 6.07) is 6.55. The number of hydrogen-bond acceptors (Lipinski definition) is 3. The second-order valence-corrected chi connectivity index (χ2v) is 7.14. The summed E-state index contributed by atoms with van der Waals surface area (Å²) in [6.45, 7) is 4.26. The van der Waals surface area contributed by atoms with Gasteiger partial charge in [0, 0.05) is 10.1 Å². The Bertz CT molecular complexity index is 503. The topological polar surface area (TPSA) is 55.1 Å². The van der Waals surface area contributed by atoms with E-state index in [2.05, 4.69) is 37.4 Å². The number of benzene rings is 1. The number of likely N-dealkylation sites (N-methyl/N-ethyl adjacent to an activating group) is 1. The molecule has 0 aliphatic heterocycles. The van der Waals surface area contributed by atoms with Gasteiger partial charge >= 0.3 is 0 Å². The summed E-state index contributed by atoms with van der Waals surface area (Å²) in [7, 11) is 1.84. The number of aryl methyl sites for hydroxylation is 2. The van der Waals surface area contributed by atoms with Crippen molar-refractivity contribution in [3.63, 3.8) is 0 Å². The highest BCUT2D eigenvalue weighted by atomic mass is 32.2. The van der Waals surface area contributed by atoms with Gasteiger partial charge < -0.3 is 11.1 Å². The monoisotopic (exact) mass is 292 g/mol. The molecule has 0 spiro atoms. The van der Waals surface area contributed by atoms with Crippen LogP contribution in [0.2, 0.25) is 0 Å². The SMILES string of the molecule is CNC1(C(N)=O)CCCC(Sc2ccc(C)cc2C)C1. The Hall–Kier alpha value is -1.00. The van der Waals surface area contributed by atoms with E-state index in [0.29, 0.717) is 5.25 Å². The van der Waals surface area contributed by atoms with Crippen molar-refractivity contribution in [2.75, 3.05) is 7.05 Å². The van der Waals surface area contributed by atoms with Crippen molar-refractivity contribution in [1.29, 1.82) is 0 Å². The maximum absolute atomic E-state index is 11.8. The van der Waals surface area contributed by atoms with Crippen molar-refractivity contribution in [2.45, 2.75) is 55.2 Å². The Balaban J connectivity index is 2.11. The number of primary amides is 1. The van der Waals surface area contributed by atoms with Crippen LogP contribution in [0.3, 0.4) is 0 Å².